The molecule has 4 nitrogen and oxygen atoms in total. The summed E-state index contributed by atoms with van der Waals surface area (Å²) >= 11 is 5.84. The first-order chi connectivity index (χ1) is 7.36. The first-order valence-corrected chi connectivity index (χ1v) is 5.16. The highest BCUT2D eigenvalue weighted by Gasteiger charge is 2.26. The summed E-state index contributed by atoms with van der Waals surface area (Å²) in [5, 5.41) is 3.11. The number of hydrogen-bond acceptors (Lipinski definition) is 3. The number of hydrogen-bond donors (Lipinski definition) is 2. The Labute approximate surface area is 99.7 Å². The Morgan fingerprint density at radius 2 is 2.12 bits per heavy atom. The molecule has 16 heavy (non-hydrogen) atoms. The highest BCUT2D eigenvalue weighted by Crippen LogP contribution is 2.23. The average Bonchev–Trinajstić information content (AvgIpc) is 2.23. The van der Waals surface area contributed by atoms with Crippen LogP contribution in [0.1, 0.15) is 13.8 Å². The van der Waals surface area contributed by atoms with Crippen LogP contribution in [-0.2, 0) is 9.53 Å². The third-order valence-corrected chi connectivity index (χ3v) is 2.64. The maximum Gasteiger partial charge on any atom is 0.256 e. The largest absolute Gasteiger partial charge is 0.398 e. The summed E-state index contributed by atoms with van der Waals surface area (Å²) < 4.78 is 5.06. The van der Waals surface area contributed by atoms with E-state index >= 15 is 0 Å². The maximum atomic E-state index is 11.8. The molecule has 0 atom stereocenters. The normalized spacial score (nSPS) is 11.2. The predicted octanol–water partition coefficient (Wildman–Crippen LogP) is 2.29. The van der Waals surface area contributed by atoms with Crippen molar-refractivity contribution in [2.24, 2.45) is 0 Å². The quantitative estimate of drug-likeness (QED) is 0.800. The average molecular weight is 243 g/mol. The van der Waals surface area contributed by atoms with E-state index in [2.05, 4.69) is 5.32 Å². The van der Waals surface area contributed by atoms with Gasteiger partial charge >= 0.3 is 0 Å². The summed E-state index contributed by atoms with van der Waals surface area (Å²) in [6.07, 6.45) is 0. The first kappa shape index (κ1) is 12.8. The molecule has 0 fully saturated rings. The van der Waals surface area contributed by atoms with Gasteiger partial charge in [-0.2, -0.15) is 0 Å². The van der Waals surface area contributed by atoms with Crippen molar-refractivity contribution in [1.29, 1.82) is 0 Å². The maximum absolute atomic E-state index is 11.8. The van der Waals surface area contributed by atoms with Gasteiger partial charge in [-0.1, -0.05) is 11.6 Å². The summed E-state index contributed by atoms with van der Waals surface area (Å²) in [4.78, 5) is 11.8. The van der Waals surface area contributed by atoms with Crippen molar-refractivity contribution >= 4 is 28.9 Å². The molecule has 1 rings (SSSR count). The number of rotatable bonds is 3. The second-order valence-electron chi connectivity index (χ2n) is 3.90. The Morgan fingerprint density at radius 1 is 1.50 bits per heavy atom. The third kappa shape index (κ3) is 2.87. The summed E-state index contributed by atoms with van der Waals surface area (Å²) in [7, 11) is 1.48. The minimum absolute atomic E-state index is 0.240. The number of anilines is 2. The van der Waals surface area contributed by atoms with Gasteiger partial charge in [-0.15, -0.1) is 0 Å². The zero-order valence-corrected chi connectivity index (χ0v) is 10.3. The molecule has 0 heterocycles. The van der Waals surface area contributed by atoms with E-state index in [4.69, 9.17) is 22.1 Å². The van der Waals surface area contributed by atoms with Crippen LogP contribution in [0.2, 0.25) is 5.02 Å². The van der Waals surface area contributed by atoms with Crippen LogP contribution >= 0.6 is 11.6 Å². The smallest absolute Gasteiger partial charge is 0.256 e. The Morgan fingerprint density at radius 3 is 2.62 bits per heavy atom. The van der Waals surface area contributed by atoms with Crippen LogP contribution < -0.4 is 11.1 Å². The van der Waals surface area contributed by atoms with Crippen LogP contribution in [0.4, 0.5) is 11.4 Å². The van der Waals surface area contributed by atoms with Gasteiger partial charge < -0.3 is 15.8 Å². The lowest BCUT2D eigenvalue weighted by Gasteiger charge is -2.21. The second kappa shape index (κ2) is 4.72. The molecule has 0 spiro atoms. The number of carbonyl (C=O) groups is 1. The highest BCUT2D eigenvalue weighted by atomic mass is 35.5. The van der Waals surface area contributed by atoms with Crippen molar-refractivity contribution in [3.63, 3.8) is 0 Å². The minimum Gasteiger partial charge on any atom is -0.398 e. The Bertz CT molecular complexity index is 405. The van der Waals surface area contributed by atoms with Gasteiger partial charge in [0.25, 0.3) is 5.91 Å². The number of nitrogens with two attached hydrogens (primary N) is 1. The molecule has 0 aliphatic heterocycles. The standard InChI is InChI=1S/C11H15ClN2O2/c1-11(2,16-3)10(15)14-7-4-5-9(13)8(12)6-7/h4-6H,13H2,1-3H3,(H,14,15). The van der Waals surface area contributed by atoms with E-state index < -0.39 is 5.60 Å². The molecule has 0 saturated carbocycles. The number of benzene rings is 1. The van der Waals surface area contributed by atoms with Crippen LogP contribution in [0, 0.1) is 0 Å². The van der Waals surface area contributed by atoms with Crippen molar-refractivity contribution in [3.05, 3.63) is 23.2 Å². The van der Waals surface area contributed by atoms with Gasteiger partial charge in [-0.25, -0.2) is 0 Å². The molecule has 0 aliphatic carbocycles. The molecular formula is C11H15ClN2O2. The van der Waals surface area contributed by atoms with Gasteiger partial charge in [0.05, 0.1) is 10.7 Å². The zero-order valence-electron chi connectivity index (χ0n) is 9.50. The molecule has 0 radical (unpaired) electrons. The van der Waals surface area contributed by atoms with Crippen LogP contribution in [0.3, 0.4) is 0 Å². The molecule has 5 heteroatoms. The monoisotopic (exact) mass is 242 g/mol. The third-order valence-electron chi connectivity index (χ3n) is 2.32. The number of nitrogen functional groups attached to an aromatic ring is 1. The molecule has 0 saturated heterocycles. The number of methoxy groups -OCH3 is 1. The van der Waals surface area contributed by atoms with Crippen LogP contribution in [0.15, 0.2) is 18.2 Å². The van der Waals surface area contributed by atoms with Gasteiger partial charge in [0.2, 0.25) is 0 Å². The van der Waals surface area contributed by atoms with Crippen molar-refractivity contribution < 1.29 is 9.53 Å². The lowest BCUT2D eigenvalue weighted by molar-refractivity contribution is -0.133. The Balaban J connectivity index is 2.82. The van der Waals surface area contributed by atoms with Crippen LogP contribution in [-0.4, -0.2) is 18.6 Å². The number of halogens is 1. The van der Waals surface area contributed by atoms with Crippen LogP contribution in [0.5, 0.6) is 0 Å². The molecule has 1 amide bonds. The molecule has 0 bridgehead atoms. The number of amides is 1. The van der Waals surface area contributed by atoms with Crippen molar-refractivity contribution in [3.8, 4) is 0 Å². The molecule has 3 N–H and O–H groups in total. The number of nitrogens with one attached hydrogen (secondary N) is 1. The summed E-state index contributed by atoms with van der Waals surface area (Å²) in [5.41, 5.74) is 5.75. The van der Waals surface area contributed by atoms with Gasteiger partial charge in [-0.05, 0) is 32.0 Å². The van der Waals surface area contributed by atoms with E-state index in [1.54, 1.807) is 32.0 Å². The van der Waals surface area contributed by atoms with E-state index in [1.807, 2.05) is 0 Å². The lowest BCUT2D eigenvalue weighted by Crippen LogP contribution is -2.38. The number of carbonyl (C=O) groups excluding carboxylic acids is 1. The Hall–Kier alpha value is -1.26. The van der Waals surface area contributed by atoms with E-state index in [1.165, 1.54) is 7.11 Å². The molecule has 88 valence electrons. The topological polar surface area (TPSA) is 64.3 Å². The molecule has 0 aliphatic rings. The zero-order chi connectivity index (χ0) is 12.3. The highest BCUT2D eigenvalue weighted by molar-refractivity contribution is 6.33. The summed E-state index contributed by atoms with van der Waals surface area (Å²) in [5.74, 6) is -0.240. The van der Waals surface area contributed by atoms with E-state index in [-0.39, 0.29) is 5.91 Å². The summed E-state index contributed by atoms with van der Waals surface area (Å²) in [6.45, 7) is 3.36. The van der Waals surface area contributed by atoms with Crippen LogP contribution in [0.25, 0.3) is 0 Å². The van der Waals surface area contributed by atoms with Crippen molar-refractivity contribution in [2.45, 2.75) is 19.4 Å². The lowest BCUT2D eigenvalue weighted by atomic mass is 10.1. The predicted molar refractivity (Wildman–Crippen MR) is 65.6 cm³/mol. The van der Waals surface area contributed by atoms with Gasteiger partial charge in [0.1, 0.15) is 5.60 Å². The van der Waals surface area contributed by atoms with Crippen molar-refractivity contribution in [1.82, 2.24) is 0 Å². The first-order valence-electron chi connectivity index (χ1n) is 4.78. The molecule has 1 aromatic rings. The molecule has 1 aromatic carbocycles. The fourth-order valence-electron chi connectivity index (χ4n) is 0.979. The van der Waals surface area contributed by atoms with E-state index in [9.17, 15) is 4.79 Å². The SMILES string of the molecule is COC(C)(C)C(=O)Nc1ccc(N)c(Cl)c1. The van der Waals surface area contributed by atoms with Gasteiger partial charge in [-0.3, -0.25) is 4.79 Å². The fourth-order valence-corrected chi connectivity index (χ4v) is 1.16. The minimum atomic E-state index is -0.881. The molecule has 0 unspecified atom stereocenters. The Kier molecular flexibility index (Phi) is 3.78. The van der Waals surface area contributed by atoms with E-state index in [0.29, 0.717) is 16.4 Å². The van der Waals surface area contributed by atoms with Gasteiger partial charge in [0.15, 0.2) is 0 Å². The van der Waals surface area contributed by atoms with Gasteiger partial charge in [0, 0.05) is 12.8 Å². The van der Waals surface area contributed by atoms with Crippen molar-refractivity contribution in [2.75, 3.05) is 18.2 Å². The molecule has 0 aromatic heterocycles. The van der Waals surface area contributed by atoms with E-state index in [0.717, 1.165) is 0 Å². The fraction of sp³-hybridized carbons (Fsp3) is 0.364. The number of ether oxygens (including phenoxy) is 1. The summed E-state index contributed by atoms with van der Waals surface area (Å²) in [6, 6.07) is 4.92. The molecular weight excluding hydrogens is 228 g/mol. The second-order valence-corrected chi connectivity index (χ2v) is 4.31.